The monoisotopic (exact) mass is 584 g/mol. The first kappa shape index (κ1) is 28.5. The molecular weight excluding hydrogens is 573 g/mol. The number of carbonyl (C=O) groups is 2. The van der Waals surface area contributed by atoms with Crippen LogP contribution in [0.1, 0.15) is 45.2 Å². The highest BCUT2D eigenvalue weighted by atomic mass is 35.5. The maximum atomic E-state index is 13.0. The second kappa shape index (κ2) is 11.1. The van der Waals surface area contributed by atoms with Gasteiger partial charge in [0.1, 0.15) is 0 Å². The average Bonchev–Trinajstić information content (AvgIpc) is 2.80. The van der Waals surface area contributed by atoms with E-state index in [1.165, 1.54) is 24.3 Å². The third kappa shape index (κ3) is 7.24. The van der Waals surface area contributed by atoms with Crippen LogP contribution in [-0.4, -0.2) is 21.8 Å². The predicted octanol–water partition coefficient (Wildman–Crippen LogP) is 6.46. The van der Waals surface area contributed by atoms with Crippen molar-refractivity contribution < 1.29 is 35.9 Å². The number of pyridine rings is 2. The number of nitrogens with zero attached hydrogens (tertiary/aromatic N) is 2. The molecule has 0 aliphatic heterocycles. The van der Waals surface area contributed by atoms with Crippen LogP contribution < -0.4 is 10.9 Å². The Bertz CT molecular complexity index is 1250. The molecule has 1 aromatic carbocycles. The molecular formula is C22H13Cl3F6N4O2. The summed E-state index contributed by atoms with van der Waals surface area (Å²) in [4.78, 5) is 32.2. The van der Waals surface area contributed by atoms with Crippen molar-refractivity contribution in [3.8, 4) is 0 Å². The Morgan fingerprint density at radius 3 is 1.65 bits per heavy atom. The molecule has 0 atom stereocenters. The Labute approximate surface area is 219 Å². The van der Waals surface area contributed by atoms with Crippen molar-refractivity contribution >= 4 is 46.6 Å². The molecule has 37 heavy (non-hydrogen) atoms. The first-order valence-electron chi connectivity index (χ1n) is 9.97. The second-order valence-corrected chi connectivity index (χ2v) is 8.69. The summed E-state index contributed by atoms with van der Waals surface area (Å²) in [6, 6.07) is 6.73. The topological polar surface area (TPSA) is 84.0 Å². The number of nitrogens with one attached hydrogen (secondary N) is 2. The van der Waals surface area contributed by atoms with Crippen LogP contribution in [0.15, 0.2) is 48.8 Å². The van der Waals surface area contributed by atoms with E-state index in [-0.39, 0.29) is 17.0 Å². The van der Waals surface area contributed by atoms with Gasteiger partial charge in [-0.05, 0) is 36.4 Å². The van der Waals surface area contributed by atoms with E-state index in [4.69, 9.17) is 34.8 Å². The van der Waals surface area contributed by atoms with Gasteiger partial charge in [0.05, 0.1) is 38.5 Å². The molecule has 6 nitrogen and oxygen atoms in total. The highest BCUT2D eigenvalue weighted by Gasteiger charge is 2.35. The SMILES string of the molecule is O=C(CC(c1ncc(C(F)(F)F)cc1Cl)c1ncc(C(F)(F)F)cc1Cl)NNC(=O)c1ccc(Cl)cc1. The van der Waals surface area contributed by atoms with Crippen LogP contribution in [0.25, 0.3) is 0 Å². The number of amides is 2. The molecule has 0 unspecified atom stereocenters. The normalized spacial score (nSPS) is 11.9. The summed E-state index contributed by atoms with van der Waals surface area (Å²) < 4.78 is 78.3. The molecule has 0 aliphatic carbocycles. The molecule has 2 amide bonds. The zero-order valence-corrected chi connectivity index (χ0v) is 20.3. The first-order chi connectivity index (χ1) is 17.2. The van der Waals surface area contributed by atoms with Crippen molar-refractivity contribution in [3.63, 3.8) is 0 Å². The Balaban J connectivity index is 1.91. The summed E-state index contributed by atoms with van der Waals surface area (Å²) in [7, 11) is 0. The third-order valence-electron chi connectivity index (χ3n) is 4.87. The van der Waals surface area contributed by atoms with E-state index in [0.717, 1.165) is 0 Å². The number of hydrazine groups is 1. The van der Waals surface area contributed by atoms with Crippen LogP contribution in [0, 0.1) is 0 Å². The van der Waals surface area contributed by atoms with Crippen molar-refractivity contribution in [2.45, 2.75) is 24.7 Å². The lowest BCUT2D eigenvalue weighted by Crippen LogP contribution is -2.42. The molecule has 2 N–H and O–H groups in total. The number of hydrogen-bond acceptors (Lipinski definition) is 4. The molecule has 0 bridgehead atoms. The smallest absolute Gasteiger partial charge is 0.273 e. The molecule has 0 aliphatic rings. The number of benzene rings is 1. The molecule has 2 aromatic heterocycles. The minimum atomic E-state index is -4.78. The number of rotatable bonds is 5. The molecule has 0 radical (unpaired) electrons. The van der Waals surface area contributed by atoms with E-state index < -0.39 is 57.7 Å². The van der Waals surface area contributed by atoms with Gasteiger partial charge in [-0.15, -0.1) is 0 Å². The minimum absolute atomic E-state index is 0.140. The van der Waals surface area contributed by atoms with Crippen LogP contribution in [0.3, 0.4) is 0 Å². The van der Waals surface area contributed by atoms with Crippen LogP contribution in [0.2, 0.25) is 15.1 Å². The van der Waals surface area contributed by atoms with Gasteiger partial charge in [0.2, 0.25) is 5.91 Å². The number of halogens is 9. The zero-order valence-electron chi connectivity index (χ0n) is 18.0. The fourth-order valence-corrected chi connectivity index (χ4v) is 3.80. The Hall–Kier alpha value is -3.09. The summed E-state index contributed by atoms with van der Waals surface area (Å²) in [6.07, 6.45) is -9.31. The summed E-state index contributed by atoms with van der Waals surface area (Å²) in [5.41, 5.74) is 1.39. The minimum Gasteiger partial charge on any atom is -0.273 e. The first-order valence-corrected chi connectivity index (χ1v) is 11.1. The van der Waals surface area contributed by atoms with E-state index in [0.29, 0.717) is 29.5 Å². The highest BCUT2D eigenvalue weighted by Crippen LogP contribution is 2.39. The standard InChI is InChI=1S/C22H13Cl3F6N4O2/c23-13-3-1-10(2-4-13)20(37)35-34-17(36)7-14(18-15(24)5-11(8-32-18)21(26,27)28)19-16(25)6-12(9-33-19)22(29,30)31/h1-6,8-9,14H,7H2,(H,34,36)(H,35,37). The van der Waals surface area contributed by atoms with Crippen LogP contribution in [-0.2, 0) is 17.1 Å². The number of alkyl halides is 6. The third-order valence-corrected chi connectivity index (χ3v) is 5.72. The molecule has 0 fully saturated rings. The summed E-state index contributed by atoms with van der Waals surface area (Å²) in [5.74, 6) is -3.00. The summed E-state index contributed by atoms with van der Waals surface area (Å²) in [6.45, 7) is 0. The van der Waals surface area contributed by atoms with Gasteiger partial charge in [-0.2, -0.15) is 26.3 Å². The van der Waals surface area contributed by atoms with Gasteiger partial charge in [0.15, 0.2) is 0 Å². The zero-order chi connectivity index (χ0) is 27.5. The number of carbonyl (C=O) groups excluding carboxylic acids is 2. The highest BCUT2D eigenvalue weighted by molar-refractivity contribution is 6.32. The number of hydrogen-bond donors (Lipinski definition) is 2. The van der Waals surface area contributed by atoms with E-state index in [9.17, 15) is 35.9 Å². The van der Waals surface area contributed by atoms with Crippen molar-refractivity contribution in [2.24, 2.45) is 0 Å². The quantitative estimate of drug-likeness (QED) is 0.266. The van der Waals surface area contributed by atoms with E-state index >= 15 is 0 Å². The maximum Gasteiger partial charge on any atom is 0.417 e. The van der Waals surface area contributed by atoms with Gasteiger partial charge in [0, 0.05) is 29.4 Å². The lowest BCUT2D eigenvalue weighted by molar-refractivity contribution is -0.138. The van der Waals surface area contributed by atoms with E-state index in [1.807, 2.05) is 0 Å². The van der Waals surface area contributed by atoms with Gasteiger partial charge >= 0.3 is 12.4 Å². The predicted molar refractivity (Wildman–Crippen MR) is 122 cm³/mol. The Morgan fingerprint density at radius 2 is 1.24 bits per heavy atom. The van der Waals surface area contributed by atoms with Crippen molar-refractivity contribution in [2.75, 3.05) is 0 Å². The number of aromatic nitrogens is 2. The van der Waals surface area contributed by atoms with Gasteiger partial charge in [-0.3, -0.25) is 30.4 Å². The van der Waals surface area contributed by atoms with Crippen molar-refractivity contribution in [1.82, 2.24) is 20.8 Å². The molecule has 196 valence electrons. The van der Waals surface area contributed by atoms with Crippen molar-refractivity contribution in [1.29, 1.82) is 0 Å². The molecule has 2 heterocycles. The lowest BCUT2D eigenvalue weighted by Gasteiger charge is -2.20. The van der Waals surface area contributed by atoms with Gasteiger partial charge in [-0.1, -0.05) is 34.8 Å². The largest absolute Gasteiger partial charge is 0.417 e. The Kier molecular flexibility index (Phi) is 8.56. The fourth-order valence-electron chi connectivity index (χ4n) is 3.08. The van der Waals surface area contributed by atoms with Crippen molar-refractivity contribution in [3.05, 3.63) is 91.9 Å². The Morgan fingerprint density at radius 1 is 0.784 bits per heavy atom. The van der Waals surface area contributed by atoms with Crippen LogP contribution in [0.4, 0.5) is 26.3 Å². The fraction of sp³-hybridized carbons (Fsp3) is 0.182. The second-order valence-electron chi connectivity index (χ2n) is 7.44. The van der Waals surface area contributed by atoms with Gasteiger partial charge < -0.3 is 0 Å². The molecule has 3 aromatic rings. The summed E-state index contributed by atoms with van der Waals surface area (Å²) >= 11 is 17.8. The van der Waals surface area contributed by atoms with E-state index in [2.05, 4.69) is 20.8 Å². The lowest BCUT2D eigenvalue weighted by atomic mass is 9.94. The molecule has 0 saturated carbocycles. The summed E-state index contributed by atoms with van der Waals surface area (Å²) in [5, 5.41) is -0.698. The average molecular weight is 586 g/mol. The molecule has 3 rings (SSSR count). The van der Waals surface area contributed by atoms with Crippen LogP contribution >= 0.6 is 34.8 Å². The van der Waals surface area contributed by atoms with Gasteiger partial charge in [0.25, 0.3) is 5.91 Å². The van der Waals surface area contributed by atoms with E-state index in [1.54, 1.807) is 0 Å². The van der Waals surface area contributed by atoms with Crippen LogP contribution in [0.5, 0.6) is 0 Å². The van der Waals surface area contributed by atoms with Gasteiger partial charge in [-0.25, -0.2) is 0 Å². The molecule has 15 heteroatoms. The molecule has 0 saturated heterocycles. The molecule has 0 spiro atoms. The maximum absolute atomic E-state index is 13.0.